The Labute approximate surface area is 94.0 Å². The summed E-state index contributed by atoms with van der Waals surface area (Å²) in [6, 6.07) is 0. The molecule has 3 nitrogen and oxygen atoms in total. The summed E-state index contributed by atoms with van der Waals surface area (Å²) in [7, 11) is 1.75. The van der Waals surface area contributed by atoms with Crippen LogP contribution in [0.3, 0.4) is 0 Å². The molecule has 1 rings (SSSR count). The molecule has 2 N–H and O–H groups in total. The Morgan fingerprint density at radius 3 is 2.87 bits per heavy atom. The van der Waals surface area contributed by atoms with Crippen LogP contribution in [0.5, 0.6) is 0 Å². The third kappa shape index (κ3) is 4.96. The number of methoxy groups -OCH3 is 1. The van der Waals surface area contributed by atoms with Crippen LogP contribution >= 0.6 is 0 Å². The van der Waals surface area contributed by atoms with Crippen molar-refractivity contribution in [3.05, 3.63) is 0 Å². The van der Waals surface area contributed by atoms with E-state index < -0.39 is 0 Å². The monoisotopic (exact) mass is 214 g/mol. The molecule has 0 amide bonds. The molecule has 0 aromatic carbocycles. The van der Waals surface area contributed by atoms with Crippen LogP contribution < -0.4 is 5.73 Å². The van der Waals surface area contributed by atoms with Gasteiger partial charge in [-0.25, -0.2) is 0 Å². The Bertz CT molecular complexity index is 160. The maximum absolute atomic E-state index is 5.61. The van der Waals surface area contributed by atoms with Crippen LogP contribution in [0.4, 0.5) is 0 Å². The maximum Gasteiger partial charge on any atom is 0.0705 e. The Balaban J connectivity index is 2.19. The van der Waals surface area contributed by atoms with Crippen molar-refractivity contribution in [2.75, 3.05) is 33.3 Å². The molecule has 0 aromatic rings. The van der Waals surface area contributed by atoms with E-state index in [-0.39, 0.29) is 6.10 Å². The highest BCUT2D eigenvalue weighted by atomic mass is 16.5. The van der Waals surface area contributed by atoms with Crippen LogP contribution in [0.15, 0.2) is 0 Å². The van der Waals surface area contributed by atoms with Gasteiger partial charge in [-0.2, -0.15) is 0 Å². The predicted octanol–water partition coefficient (Wildman–Crippen LogP) is 1.47. The molecule has 0 aliphatic carbocycles. The van der Waals surface area contributed by atoms with Crippen molar-refractivity contribution in [2.24, 2.45) is 11.7 Å². The van der Waals surface area contributed by atoms with E-state index in [1.807, 2.05) is 0 Å². The molecule has 1 aliphatic rings. The van der Waals surface area contributed by atoms with Gasteiger partial charge in [0.2, 0.25) is 0 Å². The molecule has 15 heavy (non-hydrogen) atoms. The van der Waals surface area contributed by atoms with Crippen molar-refractivity contribution in [1.29, 1.82) is 0 Å². The SMILES string of the molecule is COC(CN)CCN1CCCC(C)CC1. The minimum atomic E-state index is 0.241. The molecule has 1 heterocycles. The van der Waals surface area contributed by atoms with Crippen LogP contribution in [0.1, 0.15) is 32.6 Å². The predicted molar refractivity (Wildman–Crippen MR) is 63.9 cm³/mol. The van der Waals surface area contributed by atoms with Crippen LogP contribution in [0.2, 0.25) is 0 Å². The zero-order chi connectivity index (χ0) is 11.1. The summed E-state index contributed by atoms with van der Waals surface area (Å²) in [6.07, 6.45) is 5.40. The summed E-state index contributed by atoms with van der Waals surface area (Å²) in [5, 5.41) is 0. The summed E-state index contributed by atoms with van der Waals surface area (Å²) in [5.41, 5.74) is 5.61. The number of hydrogen-bond donors (Lipinski definition) is 1. The van der Waals surface area contributed by atoms with Crippen LogP contribution in [0, 0.1) is 5.92 Å². The maximum atomic E-state index is 5.61. The highest BCUT2D eigenvalue weighted by Crippen LogP contribution is 2.16. The normalized spacial score (nSPS) is 26.2. The van der Waals surface area contributed by atoms with Gasteiger partial charge < -0.3 is 15.4 Å². The second-order valence-corrected chi connectivity index (χ2v) is 4.76. The van der Waals surface area contributed by atoms with Gasteiger partial charge in [0.25, 0.3) is 0 Å². The topological polar surface area (TPSA) is 38.5 Å². The molecule has 2 unspecified atom stereocenters. The fraction of sp³-hybridized carbons (Fsp3) is 1.00. The van der Waals surface area contributed by atoms with E-state index in [0.717, 1.165) is 18.9 Å². The first-order valence-corrected chi connectivity index (χ1v) is 6.21. The summed E-state index contributed by atoms with van der Waals surface area (Å²) < 4.78 is 5.29. The number of rotatable bonds is 5. The van der Waals surface area contributed by atoms with Crippen molar-refractivity contribution in [1.82, 2.24) is 4.90 Å². The molecule has 2 atom stereocenters. The Morgan fingerprint density at radius 1 is 1.40 bits per heavy atom. The largest absolute Gasteiger partial charge is 0.380 e. The first kappa shape index (κ1) is 12.9. The van der Waals surface area contributed by atoms with Gasteiger partial charge in [0.15, 0.2) is 0 Å². The highest BCUT2D eigenvalue weighted by molar-refractivity contribution is 4.69. The number of nitrogens with two attached hydrogens (primary N) is 1. The van der Waals surface area contributed by atoms with Crippen LogP contribution in [0.25, 0.3) is 0 Å². The summed E-state index contributed by atoms with van der Waals surface area (Å²) >= 11 is 0. The van der Waals surface area contributed by atoms with Gasteiger partial charge in [0.05, 0.1) is 6.10 Å². The molecule has 90 valence electrons. The van der Waals surface area contributed by atoms with Gasteiger partial charge in [-0.3, -0.25) is 0 Å². The van der Waals surface area contributed by atoms with Crippen LogP contribution in [-0.2, 0) is 4.74 Å². The molecule has 0 bridgehead atoms. The lowest BCUT2D eigenvalue weighted by molar-refractivity contribution is 0.0897. The number of likely N-dealkylation sites (tertiary alicyclic amines) is 1. The number of ether oxygens (including phenoxy) is 1. The van der Waals surface area contributed by atoms with Crippen LogP contribution in [-0.4, -0.2) is 44.3 Å². The van der Waals surface area contributed by atoms with Crippen molar-refractivity contribution in [3.63, 3.8) is 0 Å². The average Bonchev–Trinajstić information content (AvgIpc) is 2.45. The fourth-order valence-electron chi connectivity index (χ4n) is 2.20. The van der Waals surface area contributed by atoms with Gasteiger partial charge in [0, 0.05) is 20.2 Å². The van der Waals surface area contributed by atoms with E-state index in [9.17, 15) is 0 Å². The minimum Gasteiger partial charge on any atom is -0.380 e. The zero-order valence-electron chi connectivity index (χ0n) is 10.2. The smallest absolute Gasteiger partial charge is 0.0705 e. The molecule has 1 saturated heterocycles. The third-order valence-corrected chi connectivity index (χ3v) is 3.47. The molecular weight excluding hydrogens is 188 g/mol. The van der Waals surface area contributed by atoms with Gasteiger partial charge in [-0.05, 0) is 44.7 Å². The highest BCUT2D eigenvalue weighted by Gasteiger charge is 2.14. The second kappa shape index (κ2) is 7.20. The number of nitrogens with zero attached hydrogens (tertiary/aromatic N) is 1. The summed E-state index contributed by atoms with van der Waals surface area (Å²) in [5.74, 6) is 0.905. The minimum absolute atomic E-state index is 0.241. The first-order valence-electron chi connectivity index (χ1n) is 6.21. The second-order valence-electron chi connectivity index (χ2n) is 4.76. The lowest BCUT2D eigenvalue weighted by Crippen LogP contribution is -2.31. The fourth-order valence-corrected chi connectivity index (χ4v) is 2.20. The number of hydrogen-bond acceptors (Lipinski definition) is 3. The molecule has 0 spiro atoms. The van der Waals surface area contributed by atoms with Gasteiger partial charge in [-0.15, -0.1) is 0 Å². The molecule has 0 aromatic heterocycles. The standard InChI is InChI=1S/C12H26N2O/c1-11-4-3-7-14(8-5-11)9-6-12(10-13)15-2/h11-12H,3-10,13H2,1-2H3. The van der Waals surface area contributed by atoms with Crippen molar-refractivity contribution in [2.45, 2.75) is 38.7 Å². The van der Waals surface area contributed by atoms with Crippen molar-refractivity contribution in [3.8, 4) is 0 Å². The Morgan fingerprint density at radius 2 is 2.20 bits per heavy atom. The molecular formula is C12H26N2O. The summed E-state index contributed by atoms with van der Waals surface area (Å²) in [4.78, 5) is 2.56. The summed E-state index contributed by atoms with van der Waals surface area (Å²) in [6.45, 7) is 6.65. The average molecular weight is 214 g/mol. The van der Waals surface area contributed by atoms with Crippen molar-refractivity contribution >= 4 is 0 Å². The molecule has 0 saturated carbocycles. The van der Waals surface area contributed by atoms with Gasteiger partial charge in [0.1, 0.15) is 0 Å². The van der Waals surface area contributed by atoms with Crippen molar-refractivity contribution < 1.29 is 4.74 Å². The van der Waals surface area contributed by atoms with E-state index >= 15 is 0 Å². The lowest BCUT2D eigenvalue weighted by Gasteiger charge is -2.22. The van der Waals surface area contributed by atoms with E-state index in [1.54, 1.807) is 7.11 Å². The first-order chi connectivity index (χ1) is 7.26. The Kier molecular flexibility index (Phi) is 6.22. The van der Waals surface area contributed by atoms with Gasteiger partial charge in [-0.1, -0.05) is 6.92 Å². The molecule has 3 heteroatoms. The lowest BCUT2D eigenvalue weighted by atomic mass is 10.0. The van der Waals surface area contributed by atoms with Gasteiger partial charge >= 0.3 is 0 Å². The zero-order valence-corrected chi connectivity index (χ0v) is 10.2. The van der Waals surface area contributed by atoms with E-state index in [0.29, 0.717) is 6.54 Å². The Hall–Kier alpha value is -0.120. The molecule has 1 aliphatic heterocycles. The van der Waals surface area contributed by atoms with E-state index in [4.69, 9.17) is 10.5 Å². The van der Waals surface area contributed by atoms with E-state index in [1.165, 1.54) is 32.4 Å². The molecule has 0 radical (unpaired) electrons. The third-order valence-electron chi connectivity index (χ3n) is 3.47. The van der Waals surface area contributed by atoms with E-state index in [2.05, 4.69) is 11.8 Å². The molecule has 1 fully saturated rings. The quantitative estimate of drug-likeness (QED) is 0.753.